The fourth-order valence-electron chi connectivity index (χ4n) is 2.24. The van der Waals surface area contributed by atoms with Crippen molar-refractivity contribution in [2.45, 2.75) is 31.1 Å². The number of methoxy groups -OCH3 is 1. The van der Waals surface area contributed by atoms with Crippen molar-refractivity contribution in [1.82, 2.24) is 0 Å². The Morgan fingerprint density at radius 2 is 2.32 bits per heavy atom. The molecule has 1 aliphatic rings. The second-order valence-electron chi connectivity index (χ2n) is 4.70. The molecule has 1 aliphatic heterocycles. The van der Waals surface area contributed by atoms with Gasteiger partial charge in [0.25, 0.3) is 0 Å². The maximum absolute atomic E-state index is 13.2. The molecule has 3 nitrogen and oxygen atoms in total. The summed E-state index contributed by atoms with van der Waals surface area (Å²) in [4.78, 5) is 0. The van der Waals surface area contributed by atoms with Gasteiger partial charge in [-0.25, -0.2) is 4.39 Å². The zero-order chi connectivity index (χ0) is 13.7. The molecule has 0 unspecified atom stereocenters. The van der Waals surface area contributed by atoms with Gasteiger partial charge in [-0.05, 0) is 37.5 Å². The Kier molecular flexibility index (Phi) is 5.34. The lowest BCUT2D eigenvalue weighted by Crippen LogP contribution is -2.25. The van der Waals surface area contributed by atoms with E-state index in [1.165, 1.54) is 19.2 Å². The third-order valence-corrected chi connectivity index (χ3v) is 4.58. The molecule has 1 heterocycles. The van der Waals surface area contributed by atoms with E-state index in [0.717, 1.165) is 25.9 Å². The Hall–Kier alpha value is -0.940. The minimum atomic E-state index is -1.06. The largest absolute Gasteiger partial charge is 0.496 e. The molecule has 0 radical (unpaired) electrons. The minimum Gasteiger partial charge on any atom is -0.496 e. The first-order valence-corrected chi connectivity index (χ1v) is 7.97. The molecular weight excluding hydrogens is 267 g/mol. The van der Waals surface area contributed by atoms with Crippen molar-refractivity contribution >= 4 is 10.8 Å². The Balaban J connectivity index is 1.95. The third kappa shape index (κ3) is 4.28. The van der Waals surface area contributed by atoms with E-state index in [-0.39, 0.29) is 11.9 Å². The summed E-state index contributed by atoms with van der Waals surface area (Å²) in [5, 5.41) is 0. The summed E-state index contributed by atoms with van der Waals surface area (Å²) >= 11 is 0. The summed E-state index contributed by atoms with van der Waals surface area (Å²) in [6, 6.07) is 4.30. The van der Waals surface area contributed by atoms with Crippen LogP contribution >= 0.6 is 0 Å². The van der Waals surface area contributed by atoms with Crippen LogP contribution in [-0.2, 0) is 21.3 Å². The van der Waals surface area contributed by atoms with Crippen molar-refractivity contribution in [2.75, 3.05) is 19.5 Å². The summed E-state index contributed by atoms with van der Waals surface area (Å²) in [5.74, 6) is 1.07. The van der Waals surface area contributed by atoms with E-state index >= 15 is 0 Å². The lowest BCUT2D eigenvalue weighted by molar-refractivity contribution is 0.0310. The summed E-state index contributed by atoms with van der Waals surface area (Å²) in [7, 11) is 0.471. The first kappa shape index (κ1) is 14.5. The first-order chi connectivity index (χ1) is 9.19. The number of hydrogen-bond acceptors (Lipinski definition) is 3. The predicted molar refractivity (Wildman–Crippen MR) is 73.3 cm³/mol. The van der Waals surface area contributed by atoms with Gasteiger partial charge in [-0.3, -0.25) is 4.21 Å². The molecule has 1 saturated heterocycles. The van der Waals surface area contributed by atoms with E-state index in [1.54, 1.807) is 6.07 Å². The SMILES string of the molecule is COc1ccc(F)cc1C[S@@](=O)C[C@@H]1CCCCO1. The molecule has 2 atom stereocenters. The predicted octanol–water partition coefficient (Wildman–Crippen LogP) is 2.65. The van der Waals surface area contributed by atoms with Gasteiger partial charge < -0.3 is 9.47 Å². The van der Waals surface area contributed by atoms with Crippen LogP contribution in [0.25, 0.3) is 0 Å². The van der Waals surface area contributed by atoms with Crippen LogP contribution in [-0.4, -0.2) is 29.8 Å². The third-order valence-electron chi connectivity index (χ3n) is 3.20. The highest BCUT2D eigenvalue weighted by Gasteiger charge is 2.18. The van der Waals surface area contributed by atoms with Crippen LogP contribution in [0.3, 0.4) is 0 Å². The molecule has 0 aliphatic carbocycles. The second kappa shape index (κ2) is 7.01. The van der Waals surface area contributed by atoms with Crippen molar-refractivity contribution in [3.05, 3.63) is 29.6 Å². The van der Waals surface area contributed by atoms with E-state index in [4.69, 9.17) is 9.47 Å². The van der Waals surface area contributed by atoms with Gasteiger partial charge in [-0.1, -0.05) is 0 Å². The Morgan fingerprint density at radius 3 is 3.00 bits per heavy atom. The number of halogens is 1. The molecule has 0 bridgehead atoms. The number of rotatable bonds is 5. The van der Waals surface area contributed by atoms with Crippen molar-refractivity contribution in [3.8, 4) is 5.75 Å². The Bertz CT molecular complexity index is 444. The molecular formula is C14H19FO3S. The van der Waals surface area contributed by atoms with Crippen LogP contribution in [0.2, 0.25) is 0 Å². The summed E-state index contributed by atoms with van der Waals surface area (Å²) in [6.45, 7) is 0.755. The number of hydrogen-bond donors (Lipinski definition) is 0. The fourth-order valence-corrected chi connectivity index (χ4v) is 3.61. The van der Waals surface area contributed by atoms with E-state index in [0.29, 0.717) is 22.8 Å². The van der Waals surface area contributed by atoms with Crippen LogP contribution in [0.15, 0.2) is 18.2 Å². The number of benzene rings is 1. The van der Waals surface area contributed by atoms with Gasteiger partial charge in [0.1, 0.15) is 11.6 Å². The maximum atomic E-state index is 13.2. The van der Waals surface area contributed by atoms with Gasteiger partial charge >= 0.3 is 0 Å². The van der Waals surface area contributed by atoms with Crippen LogP contribution in [0, 0.1) is 5.82 Å². The fraction of sp³-hybridized carbons (Fsp3) is 0.571. The van der Waals surface area contributed by atoms with Crippen molar-refractivity contribution < 1.29 is 18.1 Å². The standard InChI is InChI=1S/C14H19FO3S/c1-17-14-6-5-12(15)8-11(14)9-19(16)10-13-4-2-3-7-18-13/h5-6,8,13H,2-4,7,9-10H2,1H3/t13-,19+/m0/s1. The Morgan fingerprint density at radius 1 is 1.47 bits per heavy atom. The van der Waals surface area contributed by atoms with Crippen LogP contribution in [0.5, 0.6) is 5.75 Å². The average molecular weight is 286 g/mol. The van der Waals surface area contributed by atoms with Gasteiger partial charge in [0.15, 0.2) is 0 Å². The highest BCUT2D eigenvalue weighted by molar-refractivity contribution is 7.84. The highest BCUT2D eigenvalue weighted by Crippen LogP contribution is 2.22. The van der Waals surface area contributed by atoms with Crippen LogP contribution in [0.1, 0.15) is 24.8 Å². The zero-order valence-electron chi connectivity index (χ0n) is 11.1. The van der Waals surface area contributed by atoms with Crippen molar-refractivity contribution in [2.24, 2.45) is 0 Å². The Labute approximate surface area is 115 Å². The molecule has 0 spiro atoms. The molecule has 0 saturated carbocycles. The summed E-state index contributed by atoms with van der Waals surface area (Å²) in [6.07, 6.45) is 3.26. The quantitative estimate of drug-likeness (QED) is 0.835. The molecule has 106 valence electrons. The number of ether oxygens (including phenoxy) is 2. The topological polar surface area (TPSA) is 35.5 Å². The van der Waals surface area contributed by atoms with Gasteiger partial charge in [-0.2, -0.15) is 0 Å². The maximum Gasteiger partial charge on any atom is 0.123 e. The minimum absolute atomic E-state index is 0.0779. The van der Waals surface area contributed by atoms with Gasteiger partial charge in [0.2, 0.25) is 0 Å². The van der Waals surface area contributed by atoms with Gasteiger partial charge in [-0.15, -0.1) is 0 Å². The first-order valence-electron chi connectivity index (χ1n) is 6.48. The summed E-state index contributed by atoms with van der Waals surface area (Å²) < 4.78 is 36.1. The van der Waals surface area contributed by atoms with E-state index < -0.39 is 10.8 Å². The second-order valence-corrected chi connectivity index (χ2v) is 6.20. The van der Waals surface area contributed by atoms with Crippen molar-refractivity contribution in [1.29, 1.82) is 0 Å². The molecule has 1 aromatic carbocycles. The molecule has 19 heavy (non-hydrogen) atoms. The molecule has 0 aromatic heterocycles. The molecule has 1 aromatic rings. The summed E-state index contributed by atoms with van der Waals surface area (Å²) in [5.41, 5.74) is 0.650. The molecule has 2 rings (SSSR count). The average Bonchev–Trinajstić information content (AvgIpc) is 2.40. The van der Waals surface area contributed by atoms with E-state index in [9.17, 15) is 8.60 Å². The van der Waals surface area contributed by atoms with Crippen molar-refractivity contribution in [3.63, 3.8) is 0 Å². The van der Waals surface area contributed by atoms with Gasteiger partial charge in [0, 0.05) is 23.0 Å². The smallest absolute Gasteiger partial charge is 0.123 e. The molecule has 5 heteroatoms. The van der Waals surface area contributed by atoms with E-state index in [2.05, 4.69) is 0 Å². The lowest BCUT2D eigenvalue weighted by Gasteiger charge is -2.22. The normalized spacial score (nSPS) is 21.1. The molecule has 0 amide bonds. The monoisotopic (exact) mass is 286 g/mol. The molecule has 0 N–H and O–H groups in total. The van der Waals surface area contributed by atoms with Crippen LogP contribution in [0.4, 0.5) is 4.39 Å². The zero-order valence-corrected chi connectivity index (χ0v) is 11.9. The van der Waals surface area contributed by atoms with Gasteiger partial charge in [0.05, 0.1) is 24.7 Å². The van der Waals surface area contributed by atoms with E-state index in [1.807, 2.05) is 0 Å². The lowest BCUT2D eigenvalue weighted by atomic mass is 10.1. The molecule has 1 fully saturated rings. The van der Waals surface area contributed by atoms with Crippen LogP contribution < -0.4 is 4.74 Å². The highest BCUT2D eigenvalue weighted by atomic mass is 32.2.